The van der Waals surface area contributed by atoms with E-state index in [4.69, 9.17) is 4.74 Å². The van der Waals surface area contributed by atoms with Gasteiger partial charge in [0, 0.05) is 17.5 Å². The summed E-state index contributed by atoms with van der Waals surface area (Å²) >= 11 is 0. The lowest BCUT2D eigenvalue weighted by atomic mass is 9.80. The van der Waals surface area contributed by atoms with Crippen molar-refractivity contribution in [2.45, 2.75) is 25.2 Å². The van der Waals surface area contributed by atoms with Gasteiger partial charge in [-0.05, 0) is 6.07 Å². The van der Waals surface area contributed by atoms with Gasteiger partial charge < -0.3 is 9.84 Å². The molecular weight excluding hydrogens is 280 g/mol. The summed E-state index contributed by atoms with van der Waals surface area (Å²) in [4.78, 5) is 3.81. The molecule has 0 amide bonds. The Morgan fingerprint density at radius 2 is 2.29 bits per heavy atom. The Bertz CT molecular complexity index is 631. The van der Waals surface area contributed by atoms with Crippen molar-refractivity contribution in [3.63, 3.8) is 0 Å². The normalized spacial score (nSPS) is 21.8. The number of nitrogens with zero attached hydrogens (tertiary/aromatic N) is 3. The average molecular weight is 295 g/mol. The van der Waals surface area contributed by atoms with Gasteiger partial charge in [-0.15, -0.1) is 0 Å². The third kappa shape index (κ3) is 2.66. The summed E-state index contributed by atoms with van der Waals surface area (Å²) in [5.74, 6) is -1.85. The Balaban J connectivity index is 2.01. The van der Waals surface area contributed by atoms with Crippen molar-refractivity contribution in [3.05, 3.63) is 48.1 Å². The molecule has 1 saturated heterocycles. The van der Waals surface area contributed by atoms with E-state index >= 15 is 0 Å². The van der Waals surface area contributed by atoms with Gasteiger partial charge in [-0.1, -0.05) is 13.0 Å². The number of rotatable bonds is 5. The van der Waals surface area contributed by atoms with Crippen molar-refractivity contribution < 1.29 is 18.6 Å². The fourth-order valence-electron chi connectivity index (χ4n) is 2.53. The number of aliphatic hydroxyl groups is 1. The Morgan fingerprint density at radius 3 is 2.86 bits per heavy atom. The molecule has 1 aliphatic rings. The molecule has 1 aromatic heterocycles. The third-order valence-electron chi connectivity index (χ3n) is 3.94. The maximum atomic E-state index is 14.1. The van der Waals surface area contributed by atoms with Crippen LogP contribution in [-0.2, 0) is 16.9 Å². The van der Waals surface area contributed by atoms with E-state index < -0.39 is 17.2 Å². The van der Waals surface area contributed by atoms with Crippen molar-refractivity contribution in [1.82, 2.24) is 14.8 Å². The molecule has 21 heavy (non-hydrogen) atoms. The molecule has 0 spiro atoms. The summed E-state index contributed by atoms with van der Waals surface area (Å²) < 4.78 is 33.9. The minimum Gasteiger partial charge on any atom is -0.383 e. The lowest BCUT2D eigenvalue weighted by Gasteiger charge is -2.34. The SMILES string of the molecule is C[C@H](C1CO1)C(O)(Cn1cncn1)c1ccc(F)cc1F. The summed E-state index contributed by atoms with van der Waals surface area (Å²) in [6.45, 7) is 2.30. The first-order valence-corrected chi connectivity index (χ1v) is 6.62. The first-order valence-electron chi connectivity index (χ1n) is 6.62. The van der Waals surface area contributed by atoms with Crippen molar-refractivity contribution in [2.24, 2.45) is 5.92 Å². The highest BCUT2D eigenvalue weighted by molar-refractivity contribution is 5.26. The van der Waals surface area contributed by atoms with Crippen LogP contribution in [0.5, 0.6) is 0 Å². The van der Waals surface area contributed by atoms with Gasteiger partial charge >= 0.3 is 0 Å². The zero-order valence-electron chi connectivity index (χ0n) is 11.4. The molecule has 1 aliphatic heterocycles. The average Bonchev–Trinajstić information content (AvgIpc) is 3.16. The van der Waals surface area contributed by atoms with Crippen LogP contribution in [0.1, 0.15) is 12.5 Å². The van der Waals surface area contributed by atoms with E-state index in [1.165, 1.54) is 23.4 Å². The molecule has 0 bridgehead atoms. The van der Waals surface area contributed by atoms with Gasteiger partial charge in [-0.2, -0.15) is 5.10 Å². The van der Waals surface area contributed by atoms with Gasteiger partial charge in [0.1, 0.15) is 29.9 Å². The quantitative estimate of drug-likeness (QED) is 0.849. The second kappa shape index (κ2) is 5.16. The molecule has 1 N–H and O–H groups in total. The Morgan fingerprint density at radius 1 is 1.52 bits per heavy atom. The first-order chi connectivity index (χ1) is 10.0. The van der Waals surface area contributed by atoms with Gasteiger partial charge in [0.05, 0.1) is 19.3 Å². The third-order valence-corrected chi connectivity index (χ3v) is 3.94. The number of ether oxygens (including phenoxy) is 1. The number of hydrogen-bond donors (Lipinski definition) is 1. The van der Waals surface area contributed by atoms with E-state index in [2.05, 4.69) is 10.1 Å². The highest BCUT2D eigenvalue weighted by atomic mass is 19.1. The summed E-state index contributed by atoms with van der Waals surface area (Å²) in [6, 6.07) is 3.16. The predicted octanol–water partition coefficient (Wildman–Crippen LogP) is 1.48. The zero-order chi connectivity index (χ0) is 15.0. The van der Waals surface area contributed by atoms with E-state index in [1.807, 2.05) is 0 Å². The Kier molecular flexibility index (Phi) is 3.46. The number of halogens is 2. The molecule has 7 heteroatoms. The molecule has 2 heterocycles. The Labute approximate surface area is 120 Å². The minimum absolute atomic E-state index is 0.0105. The molecule has 3 atom stereocenters. The fourth-order valence-corrected chi connectivity index (χ4v) is 2.53. The van der Waals surface area contributed by atoms with E-state index in [1.54, 1.807) is 6.92 Å². The largest absolute Gasteiger partial charge is 0.383 e. The van der Waals surface area contributed by atoms with Crippen LogP contribution in [-0.4, -0.2) is 32.6 Å². The second-order valence-corrected chi connectivity index (χ2v) is 5.30. The summed E-state index contributed by atoms with van der Waals surface area (Å²) in [7, 11) is 0. The summed E-state index contributed by atoms with van der Waals surface area (Å²) in [5.41, 5.74) is -1.53. The van der Waals surface area contributed by atoms with E-state index in [-0.39, 0.29) is 24.1 Å². The number of benzene rings is 1. The van der Waals surface area contributed by atoms with E-state index in [0.29, 0.717) is 6.61 Å². The Hall–Kier alpha value is -1.86. The molecule has 3 rings (SSSR count). The smallest absolute Gasteiger partial charge is 0.137 e. The first kappa shape index (κ1) is 14.1. The van der Waals surface area contributed by atoms with Gasteiger partial charge in [-0.25, -0.2) is 18.4 Å². The van der Waals surface area contributed by atoms with Crippen LogP contribution in [0.4, 0.5) is 8.78 Å². The van der Waals surface area contributed by atoms with Gasteiger partial charge in [0.25, 0.3) is 0 Å². The monoisotopic (exact) mass is 295 g/mol. The number of epoxide rings is 1. The van der Waals surface area contributed by atoms with Gasteiger partial charge in [-0.3, -0.25) is 0 Å². The van der Waals surface area contributed by atoms with Crippen LogP contribution < -0.4 is 0 Å². The van der Waals surface area contributed by atoms with Crippen LogP contribution >= 0.6 is 0 Å². The molecule has 5 nitrogen and oxygen atoms in total. The lowest BCUT2D eigenvalue weighted by Crippen LogP contribution is -2.41. The van der Waals surface area contributed by atoms with Crippen LogP contribution in [0.2, 0.25) is 0 Å². The van der Waals surface area contributed by atoms with Crippen molar-refractivity contribution >= 4 is 0 Å². The van der Waals surface area contributed by atoms with Crippen LogP contribution in [0.25, 0.3) is 0 Å². The maximum Gasteiger partial charge on any atom is 0.137 e. The molecule has 2 aromatic rings. The highest BCUT2D eigenvalue weighted by Gasteiger charge is 2.47. The molecule has 0 aliphatic carbocycles. The standard InChI is InChI=1S/C14H15F2N3O2/c1-9(13-5-21-13)14(20,6-19-8-17-7-18-19)11-3-2-10(15)4-12(11)16/h2-4,7-9,13,20H,5-6H2,1H3/t9-,13?,14?/m1/s1. The van der Waals surface area contributed by atoms with Gasteiger partial charge in [0.15, 0.2) is 0 Å². The molecule has 112 valence electrons. The number of aromatic nitrogens is 3. The van der Waals surface area contributed by atoms with Crippen LogP contribution in [0.15, 0.2) is 30.9 Å². The maximum absolute atomic E-state index is 14.1. The van der Waals surface area contributed by atoms with Crippen molar-refractivity contribution in [3.8, 4) is 0 Å². The minimum atomic E-state index is -1.56. The van der Waals surface area contributed by atoms with Crippen molar-refractivity contribution in [2.75, 3.05) is 6.61 Å². The van der Waals surface area contributed by atoms with Crippen LogP contribution in [0, 0.1) is 17.6 Å². The molecule has 2 unspecified atom stereocenters. The fraction of sp³-hybridized carbons (Fsp3) is 0.429. The lowest BCUT2D eigenvalue weighted by molar-refractivity contribution is -0.0479. The summed E-state index contributed by atoms with van der Waals surface area (Å²) in [6.07, 6.45) is 2.62. The molecule has 1 fully saturated rings. The van der Waals surface area contributed by atoms with Gasteiger partial charge in [0.2, 0.25) is 0 Å². The topological polar surface area (TPSA) is 63.5 Å². The van der Waals surface area contributed by atoms with E-state index in [0.717, 1.165) is 12.1 Å². The molecule has 0 radical (unpaired) electrons. The molecule has 1 aromatic carbocycles. The van der Waals surface area contributed by atoms with Crippen molar-refractivity contribution in [1.29, 1.82) is 0 Å². The predicted molar refractivity (Wildman–Crippen MR) is 69.2 cm³/mol. The second-order valence-electron chi connectivity index (χ2n) is 5.30. The number of hydrogen-bond acceptors (Lipinski definition) is 4. The molecule has 0 saturated carbocycles. The molecular formula is C14H15F2N3O2. The zero-order valence-corrected chi connectivity index (χ0v) is 11.4. The van der Waals surface area contributed by atoms with E-state index in [9.17, 15) is 13.9 Å². The highest BCUT2D eigenvalue weighted by Crippen LogP contribution is 2.39. The van der Waals surface area contributed by atoms with Crippen LogP contribution in [0.3, 0.4) is 0 Å². The summed E-state index contributed by atoms with van der Waals surface area (Å²) in [5, 5.41) is 15.0.